The fourth-order valence-electron chi connectivity index (χ4n) is 3.29. The lowest BCUT2D eigenvalue weighted by Gasteiger charge is -2.19. The maximum atomic E-state index is 5.61. The van der Waals surface area contributed by atoms with Crippen molar-refractivity contribution in [1.29, 1.82) is 0 Å². The van der Waals surface area contributed by atoms with Gasteiger partial charge in [-0.25, -0.2) is 0 Å². The van der Waals surface area contributed by atoms with Crippen molar-refractivity contribution in [2.24, 2.45) is 17.6 Å². The molecule has 2 N–H and O–H groups in total. The number of nitrogens with zero attached hydrogens (tertiary/aromatic N) is 1. The van der Waals surface area contributed by atoms with Gasteiger partial charge < -0.3 is 10.6 Å². The van der Waals surface area contributed by atoms with Crippen LogP contribution in [0.3, 0.4) is 0 Å². The standard InChI is InChI=1S/C14H20N2/c15-8-11-4-6-14(7-5-11)16-9-12-2-1-3-13(12)10-16/h4-7,12-13H,1-3,8-10,15H2. The van der Waals surface area contributed by atoms with Gasteiger partial charge in [-0.15, -0.1) is 0 Å². The van der Waals surface area contributed by atoms with Crippen LogP contribution in [-0.2, 0) is 6.54 Å². The number of nitrogens with two attached hydrogens (primary N) is 1. The average molecular weight is 216 g/mol. The van der Waals surface area contributed by atoms with Crippen molar-refractivity contribution in [1.82, 2.24) is 0 Å². The molecule has 2 nitrogen and oxygen atoms in total. The Balaban J connectivity index is 1.73. The van der Waals surface area contributed by atoms with Crippen molar-refractivity contribution in [2.75, 3.05) is 18.0 Å². The molecule has 16 heavy (non-hydrogen) atoms. The third kappa shape index (κ3) is 1.71. The first-order chi connectivity index (χ1) is 7.86. The van der Waals surface area contributed by atoms with Crippen LogP contribution in [0.4, 0.5) is 5.69 Å². The number of anilines is 1. The Morgan fingerprint density at radius 2 is 1.69 bits per heavy atom. The fourth-order valence-corrected chi connectivity index (χ4v) is 3.29. The number of rotatable bonds is 2. The van der Waals surface area contributed by atoms with Crippen LogP contribution in [0.25, 0.3) is 0 Å². The van der Waals surface area contributed by atoms with Crippen LogP contribution >= 0.6 is 0 Å². The van der Waals surface area contributed by atoms with Gasteiger partial charge in [-0.1, -0.05) is 18.6 Å². The second kappa shape index (κ2) is 4.10. The molecule has 3 rings (SSSR count). The minimum Gasteiger partial charge on any atom is -0.371 e. The van der Waals surface area contributed by atoms with Crippen LogP contribution < -0.4 is 10.6 Å². The Kier molecular flexibility index (Phi) is 2.60. The molecular weight excluding hydrogens is 196 g/mol. The van der Waals surface area contributed by atoms with Crippen molar-refractivity contribution < 1.29 is 0 Å². The molecule has 1 heterocycles. The summed E-state index contributed by atoms with van der Waals surface area (Å²) in [6, 6.07) is 8.76. The molecule has 86 valence electrons. The van der Waals surface area contributed by atoms with E-state index in [9.17, 15) is 0 Å². The summed E-state index contributed by atoms with van der Waals surface area (Å²) in [5.41, 5.74) is 8.22. The summed E-state index contributed by atoms with van der Waals surface area (Å²) >= 11 is 0. The van der Waals surface area contributed by atoms with E-state index in [0.717, 1.165) is 11.8 Å². The maximum absolute atomic E-state index is 5.61. The molecule has 2 unspecified atom stereocenters. The summed E-state index contributed by atoms with van der Waals surface area (Å²) in [5.74, 6) is 1.93. The molecule has 1 aliphatic carbocycles. The van der Waals surface area contributed by atoms with Crippen molar-refractivity contribution in [3.63, 3.8) is 0 Å². The highest BCUT2D eigenvalue weighted by Crippen LogP contribution is 2.39. The molecule has 2 fully saturated rings. The molecule has 0 spiro atoms. The zero-order valence-corrected chi connectivity index (χ0v) is 9.73. The first kappa shape index (κ1) is 10.2. The van der Waals surface area contributed by atoms with Gasteiger partial charge in [-0.05, 0) is 42.4 Å². The Morgan fingerprint density at radius 3 is 2.25 bits per heavy atom. The normalized spacial score (nSPS) is 28.4. The molecular formula is C14H20N2. The van der Waals surface area contributed by atoms with E-state index in [4.69, 9.17) is 5.73 Å². The highest BCUT2D eigenvalue weighted by atomic mass is 15.2. The lowest BCUT2D eigenvalue weighted by atomic mass is 10.0. The summed E-state index contributed by atoms with van der Waals surface area (Å²) in [5, 5.41) is 0. The Bertz CT molecular complexity index is 346. The van der Waals surface area contributed by atoms with Crippen molar-refractivity contribution >= 4 is 5.69 Å². The van der Waals surface area contributed by atoms with Gasteiger partial charge in [0.25, 0.3) is 0 Å². The summed E-state index contributed by atoms with van der Waals surface area (Å²) in [7, 11) is 0. The first-order valence-corrected chi connectivity index (χ1v) is 6.41. The zero-order chi connectivity index (χ0) is 11.0. The molecule has 1 aromatic carbocycles. The monoisotopic (exact) mass is 216 g/mol. The first-order valence-electron chi connectivity index (χ1n) is 6.41. The van der Waals surface area contributed by atoms with E-state index >= 15 is 0 Å². The van der Waals surface area contributed by atoms with Crippen LogP contribution in [0.15, 0.2) is 24.3 Å². The van der Waals surface area contributed by atoms with E-state index in [1.165, 1.54) is 43.6 Å². The summed E-state index contributed by atoms with van der Waals surface area (Å²) in [4.78, 5) is 2.55. The van der Waals surface area contributed by atoms with Crippen LogP contribution in [0, 0.1) is 11.8 Å². The number of benzene rings is 1. The highest BCUT2D eigenvalue weighted by molar-refractivity contribution is 5.49. The highest BCUT2D eigenvalue weighted by Gasteiger charge is 2.35. The summed E-state index contributed by atoms with van der Waals surface area (Å²) < 4.78 is 0. The zero-order valence-electron chi connectivity index (χ0n) is 9.73. The molecule has 2 atom stereocenters. The minimum absolute atomic E-state index is 0.644. The lowest BCUT2D eigenvalue weighted by Crippen LogP contribution is -2.20. The second-order valence-corrected chi connectivity index (χ2v) is 5.23. The van der Waals surface area contributed by atoms with Gasteiger partial charge >= 0.3 is 0 Å². The molecule has 2 heteroatoms. The summed E-state index contributed by atoms with van der Waals surface area (Å²) in [6.07, 6.45) is 4.35. The van der Waals surface area contributed by atoms with E-state index in [-0.39, 0.29) is 0 Å². The molecule has 1 aliphatic heterocycles. The van der Waals surface area contributed by atoms with E-state index in [1.54, 1.807) is 0 Å². The Morgan fingerprint density at radius 1 is 1.06 bits per heavy atom. The predicted molar refractivity (Wildman–Crippen MR) is 67.4 cm³/mol. The third-order valence-electron chi connectivity index (χ3n) is 4.26. The second-order valence-electron chi connectivity index (χ2n) is 5.23. The largest absolute Gasteiger partial charge is 0.371 e. The number of fused-ring (bicyclic) bond motifs is 1. The molecule has 1 saturated heterocycles. The smallest absolute Gasteiger partial charge is 0.0366 e. The molecule has 0 radical (unpaired) electrons. The quantitative estimate of drug-likeness (QED) is 0.822. The summed E-state index contributed by atoms with van der Waals surface area (Å²) in [6.45, 7) is 3.19. The molecule has 2 aliphatic rings. The van der Waals surface area contributed by atoms with Gasteiger partial charge in [-0.3, -0.25) is 0 Å². The van der Waals surface area contributed by atoms with Crippen molar-refractivity contribution in [2.45, 2.75) is 25.8 Å². The predicted octanol–water partition coefficient (Wildman–Crippen LogP) is 2.38. The Labute approximate surface area is 97.4 Å². The van der Waals surface area contributed by atoms with Gasteiger partial charge in [0.05, 0.1) is 0 Å². The van der Waals surface area contributed by atoms with Crippen LogP contribution in [0.1, 0.15) is 24.8 Å². The van der Waals surface area contributed by atoms with E-state index in [2.05, 4.69) is 29.2 Å². The number of hydrogen-bond acceptors (Lipinski definition) is 2. The molecule has 0 bridgehead atoms. The van der Waals surface area contributed by atoms with Gasteiger partial charge in [0.1, 0.15) is 0 Å². The van der Waals surface area contributed by atoms with Crippen molar-refractivity contribution in [3.05, 3.63) is 29.8 Å². The SMILES string of the molecule is NCc1ccc(N2CC3CCCC3C2)cc1. The van der Waals surface area contributed by atoms with Gasteiger partial charge in [-0.2, -0.15) is 0 Å². The van der Waals surface area contributed by atoms with Crippen LogP contribution in [-0.4, -0.2) is 13.1 Å². The van der Waals surface area contributed by atoms with E-state index < -0.39 is 0 Å². The lowest BCUT2D eigenvalue weighted by molar-refractivity contribution is 0.494. The molecule has 0 amide bonds. The maximum Gasteiger partial charge on any atom is 0.0366 e. The van der Waals surface area contributed by atoms with Crippen LogP contribution in [0.2, 0.25) is 0 Å². The number of hydrogen-bond donors (Lipinski definition) is 1. The molecule has 1 aromatic rings. The third-order valence-corrected chi connectivity index (χ3v) is 4.26. The molecule has 0 aromatic heterocycles. The van der Waals surface area contributed by atoms with Crippen LogP contribution in [0.5, 0.6) is 0 Å². The van der Waals surface area contributed by atoms with E-state index in [0.29, 0.717) is 6.54 Å². The fraction of sp³-hybridized carbons (Fsp3) is 0.571. The molecule has 1 saturated carbocycles. The Hall–Kier alpha value is -1.02. The van der Waals surface area contributed by atoms with Gasteiger partial charge in [0, 0.05) is 25.3 Å². The average Bonchev–Trinajstić information content (AvgIpc) is 2.89. The van der Waals surface area contributed by atoms with Gasteiger partial charge in [0.2, 0.25) is 0 Å². The van der Waals surface area contributed by atoms with Gasteiger partial charge in [0.15, 0.2) is 0 Å². The topological polar surface area (TPSA) is 29.3 Å². The van der Waals surface area contributed by atoms with E-state index in [1.807, 2.05) is 0 Å². The van der Waals surface area contributed by atoms with Crippen molar-refractivity contribution in [3.8, 4) is 0 Å². The minimum atomic E-state index is 0.644.